The molecule has 1 aliphatic heterocycles. The highest BCUT2D eigenvalue weighted by Crippen LogP contribution is 2.38. The van der Waals surface area contributed by atoms with Crippen LogP contribution in [0.25, 0.3) is 0 Å². The minimum absolute atomic E-state index is 0.000870. The highest BCUT2D eigenvalue weighted by molar-refractivity contribution is 6.42. The van der Waals surface area contributed by atoms with E-state index in [1.165, 1.54) is 17.0 Å². The lowest BCUT2D eigenvalue weighted by Gasteiger charge is -2.26. The summed E-state index contributed by atoms with van der Waals surface area (Å²) in [7, 11) is 0. The number of carbonyl (C=O) groups excluding carboxylic acids is 1. The highest BCUT2D eigenvalue weighted by atomic mass is 35.5. The maximum absolute atomic E-state index is 12.0. The second-order valence-corrected chi connectivity index (χ2v) is 6.47. The summed E-state index contributed by atoms with van der Waals surface area (Å²) >= 11 is 12.1. The van der Waals surface area contributed by atoms with Crippen LogP contribution >= 0.6 is 23.2 Å². The minimum atomic E-state index is -1.14. The zero-order valence-corrected chi connectivity index (χ0v) is 14.3. The van der Waals surface area contributed by atoms with E-state index in [1.54, 1.807) is 13.8 Å². The van der Waals surface area contributed by atoms with Crippen molar-refractivity contribution < 1.29 is 24.9 Å². The van der Waals surface area contributed by atoms with Gasteiger partial charge in [0.05, 0.1) is 22.7 Å². The van der Waals surface area contributed by atoms with Gasteiger partial charge >= 0.3 is 6.09 Å². The Bertz CT molecular complexity index is 597. The fraction of sp³-hybridized carbons (Fsp3) is 0.533. The summed E-state index contributed by atoms with van der Waals surface area (Å²) in [5.74, 6) is -0.305. The van der Waals surface area contributed by atoms with E-state index >= 15 is 0 Å². The number of halogens is 2. The maximum Gasteiger partial charge on any atom is 0.410 e. The fourth-order valence-electron chi connectivity index (χ4n) is 2.78. The van der Waals surface area contributed by atoms with E-state index in [-0.39, 0.29) is 23.2 Å². The molecule has 0 aromatic heterocycles. The number of phenols is 1. The molecule has 4 atom stereocenters. The highest BCUT2D eigenvalue weighted by Gasteiger charge is 2.43. The molecule has 0 bridgehead atoms. The SMILES string of the molecule is C[C@@H](CN1C(=O)O[C@@H]([C@H](O)CO)[C@@H]1C)c1c(O)ccc(Cl)c1Cl. The van der Waals surface area contributed by atoms with Crippen molar-refractivity contribution in [3.63, 3.8) is 0 Å². The summed E-state index contributed by atoms with van der Waals surface area (Å²) < 4.78 is 5.12. The molecule has 1 aliphatic rings. The van der Waals surface area contributed by atoms with E-state index in [0.29, 0.717) is 10.6 Å². The second-order valence-electron chi connectivity index (χ2n) is 5.69. The Morgan fingerprint density at radius 3 is 2.65 bits per heavy atom. The van der Waals surface area contributed by atoms with Crippen LogP contribution in [0.4, 0.5) is 4.79 Å². The van der Waals surface area contributed by atoms with Gasteiger partial charge in [0, 0.05) is 18.0 Å². The van der Waals surface area contributed by atoms with Gasteiger partial charge in [-0.25, -0.2) is 4.79 Å². The predicted molar refractivity (Wildman–Crippen MR) is 86.1 cm³/mol. The van der Waals surface area contributed by atoms with Gasteiger partial charge in [0.1, 0.15) is 11.9 Å². The van der Waals surface area contributed by atoms with Crippen molar-refractivity contribution in [2.75, 3.05) is 13.2 Å². The van der Waals surface area contributed by atoms with Crippen molar-refractivity contribution in [3.8, 4) is 5.75 Å². The molecule has 0 unspecified atom stereocenters. The van der Waals surface area contributed by atoms with Gasteiger partial charge in [-0.15, -0.1) is 0 Å². The first-order valence-electron chi connectivity index (χ1n) is 7.21. The Hall–Kier alpha value is -1.21. The van der Waals surface area contributed by atoms with Crippen LogP contribution in [0.1, 0.15) is 25.3 Å². The van der Waals surface area contributed by atoms with E-state index in [9.17, 15) is 15.0 Å². The van der Waals surface area contributed by atoms with Crippen molar-refractivity contribution in [1.29, 1.82) is 0 Å². The summed E-state index contributed by atoms with van der Waals surface area (Å²) in [6, 6.07) is 2.52. The summed E-state index contributed by atoms with van der Waals surface area (Å²) in [5.41, 5.74) is 0.449. The van der Waals surface area contributed by atoms with Crippen LogP contribution in [0.3, 0.4) is 0 Å². The number of carbonyl (C=O) groups is 1. The first-order valence-corrected chi connectivity index (χ1v) is 7.96. The van der Waals surface area contributed by atoms with Crippen molar-refractivity contribution in [3.05, 3.63) is 27.7 Å². The first-order chi connectivity index (χ1) is 10.8. The largest absolute Gasteiger partial charge is 0.508 e. The average Bonchev–Trinajstić information content (AvgIpc) is 2.78. The summed E-state index contributed by atoms with van der Waals surface area (Å²) in [4.78, 5) is 13.4. The van der Waals surface area contributed by atoms with E-state index in [1.807, 2.05) is 0 Å². The van der Waals surface area contributed by atoms with Crippen LogP contribution in [0, 0.1) is 0 Å². The summed E-state index contributed by atoms with van der Waals surface area (Å²) in [5, 5.41) is 29.3. The number of cyclic esters (lactones) is 1. The lowest BCUT2D eigenvalue weighted by molar-refractivity contribution is -0.0118. The number of phenolic OH excluding ortho intramolecular Hbond substituents is 1. The van der Waals surface area contributed by atoms with Crippen LogP contribution in [0.5, 0.6) is 5.75 Å². The number of nitrogens with zero attached hydrogens (tertiary/aromatic N) is 1. The Labute approximate surface area is 144 Å². The van der Waals surface area contributed by atoms with Crippen LogP contribution in [0.15, 0.2) is 12.1 Å². The van der Waals surface area contributed by atoms with Crippen LogP contribution in [-0.4, -0.2) is 57.7 Å². The molecule has 1 aromatic rings. The Kier molecular flexibility index (Phi) is 5.62. The number of benzene rings is 1. The van der Waals surface area contributed by atoms with Gasteiger partial charge < -0.3 is 25.0 Å². The van der Waals surface area contributed by atoms with Crippen molar-refractivity contribution in [1.82, 2.24) is 4.90 Å². The van der Waals surface area contributed by atoms with E-state index in [4.69, 9.17) is 33.0 Å². The van der Waals surface area contributed by atoms with E-state index in [0.717, 1.165) is 0 Å². The molecule has 1 fully saturated rings. The number of rotatable bonds is 5. The molecule has 23 heavy (non-hydrogen) atoms. The molecular formula is C15H19Cl2NO5. The molecule has 6 nitrogen and oxygen atoms in total. The van der Waals surface area contributed by atoms with Gasteiger partial charge in [0.2, 0.25) is 0 Å². The van der Waals surface area contributed by atoms with Crippen LogP contribution < -0.4 is 0 Å². The smallest absolute Gasteiger partial charge is 0.410 e. The number of aliphatic hydroxyl groups is 2. The van der Waals surface area contributed by atoms with E-state index < -0.39 is 30.9 Å². The monoisotopic (exact) mass is 363 g/mol. The second kappa shape index (κ2) is 7.13. The number of amides is 1. The molecule has 0 radical (unpaired) electrons. The number of hydrogen-bond acceptors (Lipinski definition) is 5. The zero-order chi connectivity index (χ0) is 17.3. The van der Waals surface area contributed by atoms with E-state index in [2.05, 4.69) is 0 Å². The lowest BCUT2D eigenvalue weighted by atomic mass is 9.98. The van der Waals surface area contributed by atoms with Crippen molar-refractivity contribution in [2.24, 2.45) is 0 Å². The molecule has 0 aliphatic carbocycles. The standard InChI is InChI=1S/C15H19Cl2NO5/c1-7(12-10(20)4-3-9(16)13(12)17)5-18-8(2)14(11(21)6-19)23-15(18)22/h3-4,7-8,11,14,19-21H,5-6H2,1-2H3/t7-,8-,11+,14+/m0/s1. The molecule has 1 aromatic carbocycles. The predicted octanol–water partition coefficient (Wildman–Crippen LogP) is 2.37. The van der Waals surface area contributed by atoms with Gasteiger partial charge in [-0.1, -0.05) is 30.1 Å². The number of ether oxygens (including phenoxy) is 1. The quantitative estimate of drug-likeness (QED) is 0.746. The normalized spacial score (nSPS) is 23.7. The number of aromatic hydroxyl groups is 1. The van der Waals surface area contributed by atoms with Gasteiger partial charge in [0.25, 0.3) is 0 Å². The third-order valence-electron chi connectivity index (χ3n) is 4.08. The molecule has 0 spiro atoms. The Morgan fingerprint density at radius 2 is 2.04 bits per heavy atom. The molecular weight excluding hydrogens is 345 g/mol. The number of hydrogen-bond donors (Lipinski definition) is 3. The molecule has 8 heteroatoms. The zero-order valence-electron chi connectivity index (χ0n) is 12.7. The minimum Gasteiger partial charge on any atom is -0.508 e. The summed E-state index contributed by atoms with van der Waals surface area (Å²) in [6.07, 6.45) is -2.53. The molecule has 1 saturated heterocycles. The molecule has 1 amide bonds. The third kappa shape index (κ3) is 3.50. The fourth-order valence-corrected chi connectivity index (χ4v) is 3.29. The van der Waals surface area contributed by atoms with Gasteiger partial charge in [0.15, 0.2) is 6.10 Å². The van der Waals surface area contributed by atoms with Crippen LogP contribution in [0.2, 0.25) is 10.0 Å². The van der Waals surface area contributed by atoms with Crippen molar-refractivity contribution in [2.45, 2.75) is 38.0 Å². The molecule has 128 valence electrons. The van der Waals surface area contributed by atoms with Crippen molar-refractivity contribution >= 4 is 29.3 Å². The third-order valence-corrected chi connectivity index (χ3v) is 4.90. The molecule has 2 rings (SSSR count). The van der Waals surface area contributed by atoms with Gasteiger partial charge in [-0.05, 0) is 19.1 Å². The maximum atomic E-state index is 12.0. The topological polar surface area (TPSA) is 90.2 Å². The lowest BCUT2D eigenvalue weighted by Crippen LogP contribution is -2.42. The molecule has 3 N–H and O–H groups in total. The van der Waals surface area contributed by atoms with Crippen LogP contribution in [-0.2, 0) is 4.74 Å². The Balaban J connectivity index is 2.19. The first kappa shape index (κ1) is 18.1. The number of aliphatic hydroxyl groups excluding tert-OH is 2. The molecule has 0 saturated carbocycles. The van der Waals surface area contributed by atoms with Gasteiger partial charge in [-0.3, -0.25) is 0 Å². The summed E-state index contributed by atoms with van der Waals surface area (Å²) in [6.45, 7) is 3.25. The van der Waals surface area contributed by atoms with Gasteiger partial charge in [-0.2, -0.15) is 0 Å². The Morgan fingerprint density at radius 1 is 1.39 bits per heavy atom. The molecule has 1 heterocycles. The average molecular weight is 364 g/mol.